The summed E-state index contributed by atoms with van der Waals surface area (Å²) in [7, 11) is 0. The molecule has 2 aromatic carbocycles. The molecule has 6 nitrogen and oxygen atoms in total. The Morgan fingerprint density at radius 3 is 2.37 bits per heavy atom. The number of likely N-dealkylation sites (N-methyl/N-ethyl adjacent to an activating group) is 1. The number of urea groups is 1. The van der Waals surface area contributed by atoms with Gasteiger partial charge in [-0.3, -0.25) is 9.69 Å². The van der Waals surface area contributed by atoms with Gasteiger partial charge in [-0.05, 0) is 48.9 Å². The van der Waals surface area contributed by atoms with Crippen molar-refractivity contribution < 1.29 is 9.59 Å². The quantitative estimate of drug-likeness (QED) is 0.647. The Balaban J connectivity index is 1.49. The molecule has 4 rings (SSSR count). The number of fused-ring (bicyclic) bond motifs is 1. The van der Waals surface area contributed by atoms with Crippen molar-refractivity contribution in [2.24, 2.45) is 0 Å². The zero-order chi connectivity index (χ0) is 21.4. The van der Waals surface area contributed by atoms with Gasteiger partial charge >= 0.3 is 6.03 Å². The normalized spacial score (nSPS) is 20.8. The van der Waals surface area contributed by atoms with E-state index in [1.165, 1.54) is 4.90 Å². The molecule has 2 aliphatic heterocycles. The average Bonchev–Trinajstić information content (AvgIpc) is 3.25. The Bertz CT molecular complexity index is 990. The lowest BCUT2D eigenvalue weighted by Crippen LogP contribution is -2.41. The number of imide groups is 1. The van der Waals surface area contributed by atoms with Gasteiger partial charge in [-0.25, -0.2) is 9.69 Å². The number of amides is 3. The zero-order valence-corrected chi connectivity index (χ0v) is 17.9. The van der Waals surface area contributed by atoms with Gasteiger partial charge in [0.05, 0.1) is 17.3 Å². The van der Waals surface area contributed by atoms with E-state index >= 15 is 0 Å². The van der Waals surface area contributed by atoms with Crippen LogP contribution in [-0.4, -0.2) is 46.9 Å². The molecule has 0 aliphatic carbocycles. The number of anilines is 1. The molecular formula is C22H20Cl2N4O2. The number of carbonyl (C=O) groups is 2. The maximum atomic E-state index is 13.0. The van der Waals surface area contributed by atoms with Crippen LogP contribution in [0.15, 0.2) is 42.5 Å². The first-order valence-corrected chi connectivity index (χ1v) is 10.5. The van der Waals surface area contributed by atoms with Crippen molar-refractivity contribution in [3.63, 3.8) is 0 Å². The third-order valence-electron chi connectivity index (χ3n) is 5.72. The number of hydrogen-bond donors (Lipinski definition) is 0. The second-order valence-corrected chi connectivity index (χ2v) is 8.39. The summed E-state index contributed by atoms with van der Waals surface area (Å²) in [6, 6.07) is 13.6. The highest BCUT2D eigenvalue weighted by Crippen LogP contribution is 2.35. The smallest absolute Gasteiger partial charge is 0.310 e. The SMILES string of the molecule is CCN(Cc1ccc(C#N)cc1)C1CC2C(=O)N(c3cc(Cl)cc(Cl)c3)C(=O)N2C1. The summed E-state index contributed by atoms with van der Waals surface area (Å²) in [5.41, 5.74) is 2.12. The molecule has 2 aromatic rings. The highest BCUT2D eigenvalue weighted by atomic mass is 35.5. The lowest BCUT2D eigenvalue weighted by molar-refractivity contribution is -0.119. The van der Waals surface area contributed by atoms with Crippen LogP contribution in [0.4, 0.5) is 10.5 Å². The van der Waals surface area contributed by atoms with Crippen molar-refractivity contribution in [2.45, 2.75) is 32.0 Å². The molecule has 0 saturated carbocycles. The van der Waals surface area contributed by atoms with Gasteiger partial charge in [-0.15, -0.1) is 0 Å². The van der Waals surface area contributed by atoms with Crippen LogP contribution >= 0.6 is 23.2 Å². The van der Waals surface area contributed by atoms with Crippen molar-refractivity contribution in [2.75, 3.05) is 18.0 Å². The standard InChI is InChI=1S/C22H20Cl2N4O2/c1-2-26(12-15-5-3-14(11-25)4-6-15)19-10-20-21(29)28(22(30)27(20)13-19)18-8-16(23)7-17(24)9-18/h3-9,19-20H,2,10,12-13H2,1H3. The molecule has 154 valence electrons. The van der Waals surface area contributed by atoms with Gasteiger partial charge in [0.2, 0.25) is 0 Å². The third-order valence-corrected chi connectivity index (χ3v) is 6.15. The van der Waals surface area contributed by atoms with Crippen molar-refractivity contribution in [3.8, 4) is 6.07 Å². The molecule has 2 aliphatic rings. The summed E-state index contributed by atoms with van der Waals surface area (Å²) >= 11 is 12.1. The summed E-state index contributed by atoms with van der Waals surface area (Å²) in [5, 5.41) is 9.71. The van der Waals surface area contributed by atoms with E-state index < -0.39 is 6.04 Å². The number of rotatable bonds is 5. The van der Waals surface area contributed by atoms with Crippen LogP contribution in [-0.2, 0) is 11.3 Å². The van der Waals surface area contributed by atoms with Crippen molar-refractivity contribution in [1.29, 1.82) is 5.26 Å². The van der Waals surface area contributed by atoms with E-state index in [-0.39, 0.29) is 18.0 Å². The fraction of sp³-hybridized carbons (Fsp3) is 0.318. The van der Waals surface area contributed by atoms with Gasteiger partial charge in [-0.1, -0.05) is 42.3 Å². The Kier molecular flexibility index (Phi) is 5.70. The Hall–Kier alpha value is -2.59. The Labute approximate surface area is 185 Å². The van der Waals surface area contributed by atoms with Gasteiger partial charge in [0.1, 0.15) is 6.04 Å². The topological polar surface area (TPSA) is 67.6 Å². The molecule has 8 heteroatoms. The summed E-state index contributed by atoms with van der Waals surface area (Å²) < 4.78 is 0. The molecule has 2 heterocycles. The largest absolute Gasteiger partial charge is 0.332 e. The van der Waals surface area contributed by atoms with Gasteiger partial charge < -0.3 is 4.90 Å². The highest BCUT2D eigenvalue weighted by Gasteiger charge is 2.52. The second kappa shape index (κ2) is 8.27. The van der Waals surface area contributed by atoms with Crippen LogP contribution < -0.4 is 4.90 Å². The predicted molar refractivity (Wildman–Crippen MR) is 115 cm³/mol. The third kappa shape index (κ3) is 3.77. The monoisotopic (exact) mass is 442 g/mol. The first-order valence-electron chi connectivity index (χ1n) is 9.75. The van der Waals surface area contributed by atoms with Crippen LogP contribution in [0, 0.1) is 11.3 Å². The minimum Gasteiger partial charge on any atom is -0.310 e. The Morgan fingerprint density at radius 1 is 1.13 bits per heavy atom. The zero-order valence-electron chi connectivity index (χ0n) is 16.4. The minimum atomic E-state index is -0.477. The first-order chi connectivity index (χ1) is 14.4. The number of benzene rings is 2. The van der Waals surface area contributed by atoms with E-state index in [0.717, 1.165) is 12.1 Å². The minimum absolute atomic E-state index is 0.0913. The van der Waals surface area contributed by atoms with Crippen LogP contribution in [0.25, 0.3) is 0 Å². The molecule has 2 atom stereocenters. The predicted octanol–water partition coefficient (Wildman–Crippen LogP) is 4.30. The van der Waals surface area contributed by atoms with E-state index in [1.54, 1.807) is 35.2 Å². The summed E-state index contributed by atoms with van der Waals surface area (Å²) in [6.45, 7) is 4.05. The van der Waals surface area contributed by atoms with Crippen LogP contribution in [0.2, 0.25) is 10.0 Å². The van der Waals surface area contributed by atoms with Gasteiger partial charge in [0.25, 0.3) is 5.91 Å². The van der Waals surface area contributed by atoms with Crippen LogP contribution in [0.5, 0.6) is 0 Å². The van der Waals surface area contributed by atoms with E-state index in [2.05, 4.69) is 17.9 Å². The summed E-state index contributed by atoms with van der Waals surface area (Å²) in [5.74, 6) is -0.241. The lowest BCUT2D eigenvalue weighted by Gasteiger charge is -2.28. The fourth-order valence-electron chi connectivity index (χ4n) is 4.22. The molecule has 0 radical (unpaired) electrons. The van der Waals surface area contributed by atoms with E-state index in [9.17, 15) is 9.59 Å². The van der Waals surface area contributed by atoms with Crippen molar-refractivity contribution in [3.05, 3.63) is 63.6 Å². The molecule has 30 heavy (non-hydrogen) atoms. The number of carbonyl (C=O) groups excluding carboxylic acids is 2. The number of nitrogens with zero attached hydrogens (tertiary/aromatic N) is 4. The van der Waals surface area contributed by atoms with Crippen molar-refractivity contribution >= 4 is 40.8 Å². The summed E-state index contributed by atoms with van der Waals surface area (Å²) in [4.78, 5) is 31.1. The molecular weight excluding hydrogens is 423 g/mol. The molecule has 3 amide bonds. The molecule has 0 bridgehead atoms. The van der Waals surface area contributed by atoms with Crippen LogP contribution in [0.1, 0.15) is 24.5 Å². The summed E-state index contributed by atoms with van der Waals surface area (Å²) in [6.07, 6.45) is 0.583. The number of hydrogen-bond acceptors (Lipinski definition) is 4. The van der Waals surface area contributed by atoms with Gasteiger partial charge in [0.15, 0.2) is 0 Å². The Morgan fingerprint density at radius 2 is 1.80 bits per heavy atom. The van der Waals surface area contributed by atoms with E-state index in [4.69, 9.17) is 28.5 Å². The molecule has 0 spiro atoms. The van der Waals surface area contributed by atoms with Crippen molar-refractivity contribution in [1.82, 2.24) is 9.80 Å². The second-order valence-electron chi connectivity index (χ2n) is 7.51. The van der Waals surface area contributed by atoms with Gasteiger partial charge in [0, 0.05) is 29.2 Å². The van der Waals surface area contributed by atoms with Crippen LogP contribution in [0.3, 0.4) is 0 Å². The number of nitriles is 1. The van der Waals surface area contributed by atoms with E-state index in [0.29, 0.717) is 40.8 Å². The molecule has 2 saturated heterocycles. The first kappa shape index (κ1) is 20.7. The molecule has 2 fully saturated rings. The average molecular weight is 443 g/mol. The molecule has 0 N–H and O–H groups in total. The maximum Gasteiger partial charge on any atom is 0.332 e. The lowest BCUT2D eigenvalue weighted by atomic mass is 10.1. The highest BCUT2D eigenvalue weighted by molar-refractivity contribution is 6.35. The molecule has 0 aromatic heterocycles. The maximum absolute atomic E-state index is 13.0. The van der Waals surface area contributed by atoms with Gasteiger partial charge in [-0.2, -0.15) is 5.26 Å². The fourth-order valence-corrected chi connectivity index (χ4v) is 4.73. The number of halogens is 2. The molecule has 2 unspecified atom stereocenters. The van der Waals surface area contributed by atoms with E-state index in [1.807, 2.05) is 12.1 Å².